The van der Waals surface area contributed by atoms with Crippen LogP contribution in [0.25, 0.3) is 10.9 Å². The van der Waals surface area contributed by atoms with E-state index in [4.69, 9.17) is 23.2 Å². The van der Waals surface area contributed by atoms with Gasteiger partial charge in [0.25, 0.3) is 5.56 Å². The Morgan fingerprint density at radius 3 is 2.68 bits per heavy atom. The van der Waals surface area contributed by atoms with Crippen LogP contribution in [-0.4, -0.2) is 51.4 Å². The summed E-state index contributed by atoms with van der Waals surface area (Å²) in [6.45, 7) is 3.81. The van der Waals surface area contributed by atoms with Crippen molar-refractivity contribution in [3.8, 4) is 0 Å². The number of carbonyl (C=O) groups is 1. The van der Waals surface area contributed by atoms with E-state index in [1.807, 2.05) is 0 Å². The summed E-state index contributed by atoms with van der Waals surface area (Å²) in [6, 6.07) is 7.25. The van der Waals surface area contributed by atoms with Crippen LogP contribution in [0.5, 0.6) is 0 Å². The Labute approximate surface area is 175 Å². The van der Waals surface area contributed by atoms with Crippen molar-refractivity contribution in [2.24, 2.45) is 0 Å². The lowest BCUT2D eigenvalue weighted by Gasteiger charge is -2.34. The summed E-state index contributed by atoms with van der Waals surface area (Å²) in [5.41, 5.74) is 0.0704. The predicted octanol–water partition coefficient (Wildman–Crippen LogP) is 3.11. The number of benzene rings is 1. The molecular formula is C19H18Cl2N4O2S. The van der Waals surface area contributed by atoms with Crippen LogP contribution < -0.4 is 5.56 Å². The number of hydrogen-bond acceptors (Lipinski definition) is 5. The normalized spacial score (nSPS) is 15.3. The zero-order valence-electron chi connectivity index (χ0n) is 15.0. The number of fused-ring (bicyclic) bond motifs is 1. The number of halogens is 2. The number of aromatic nitrogens is 2. The van der Waals surface area contributed by atoms with Gasteiger partial charge in [-0.1, -0.05) is 29.3 Å². The lowest BCUT2D eigenvalue weighted by Crippen LogP contribution is -2.49. The van der Waals surface area contributed by atoms with Crippen molar-refractivity contribution in [3.05, 3.63) is 61.2 Å². The van der Waals surface area contributed by atoms with Gasteiger partial charge in [0.1, 0.15) is 6.54 Å². The number of thiophene rings is 1. The third-order valence-corrected chi connectivity index (χ3v) is 6.20. The number of nitrogens with zero attached hydrogens (tertiary/aromatic N) is 4. The molecule has 0 spiro atoms. The first kappa shape index (κ1) is 19.4. The molecule has 3 heterocycles. The Kier molecular flexibility index (Phi) is 5.68. The minimum Gasteiger partial charge on any atom is -0.339 e. The van der Waals surface area contributed by atoms with E-state index in [0.29, 0.717) is 34.0 Å². The predicted molar refractivity (Wildman–Crippen MR) is 112 cm³/mol. The Balaban J connectivity index is 1.43. The van der Waals surface area contributed by atoms with Crippen LogP contribution in [0, 0.1) is 0 Å². The first-order valence-electron chi connectivity index (χ1n) is 8.88. The molecule has 9 heteroatoms. The van der Waals surface area contributed by atoms with Crippen molar-refractivity contribution >= 4 is 51.3 Å². The monoisotopic (exact) mass is 436 g/mol. The highest BCUT2D eigenvalue weighted by molar-refractivity contribution is 7.09. The van der Waals surface area contributed by atoms with Crippen LogP contribution in [0.3, 0.4) is 0 Å². The van der Waals surface area contributed by atoms with Gasteiger partial charge in [-0.05, 0) is 23.6 Å². The second kappa shape index (κ2) is 8.21. The summed E-state index contributed by atoms with van der Waals surface area (Å²) in [5, 5.41) is 3.07. The van der Waals surface area contributed by atoms with E-state index in [0.717, 1.165) is 19.6 Å². The summed E-state index contributed by atoms with van der Waals surface area (Å²) in [5.74, 6) is -0.0906. The average Bonchev–Trinajstić information content (AvgIpc) is 3.18. The topological polar surface area (TPSA) is 58.4 Å². The molecule has 1 aromatic carbocycles. The molecule has 6 nitrogen and oxygen atoms in total. The van der Waals surface area contributed by atoms with Gasteiger partial charge in [-0.2, -0.15) is 0 Å². The summed E-state index contributed by atoms with van der Waals surface area (Å²) in [7, 11) is 0. The fraction of sp³-hybridized carbons (Fsp3) is 0.316. The van der Waals surface area contributed by atoms with Gasteiger partial charge in [-0.15, -0.1) is 11.3 Å². The number of piperazine rings is 1. The van der Waals surface area contributed by atoms with E-state index in [2.05, 4.69) is 27.4 Å². The fourth-order valence-corrected chi connectivity index (χ4v) is 4.62. The molecular weight excluding hydrogens is 419 g/mol. The van der Waals surface area contributed by atoms with Gasteiger partial charge in [0.2, 0.25) is 5.91 Å². The molecule has 0 bridgehead atoms. The van der Waals surface area contributed by atoms with Crippen LogP contribution in [0.4, 0.5) is 0 Å². The molecule has 1 aliphatic rings. The molecule has 1 aliphatic heterocycles. The summed E-state index contributed by atoms with van der Waals surface area (Å²) in [4.78, 5) is 35.1. The van der Waals surface area contributed by atoms with Gasteiger partial charge in [0, 0.05) is 42.6 Å². The van der Waals surface area contributed by atoms with E-state index in [1.165, 1.54) is 21.8 Å². The Morgan fingerprint density at radius 1 is 1.18 bits per heavy atom. The van der Waals surface area contributed by atoms with Crippen molar-refractivity contribution in [2.75, 3.05) is 26.2 Å². The molecule has 0 N–H and O–H groups in total. The Bertz CT molecular complexity index is 1060. The summed E-state index contributed by atoms with van der Waals surface area (Å²) < 4.78 is 1.31. The number of rotatable bonds is 4. The van der Waals surface area contributed by atoms with Crippen molar-refractivity contribution in [1.82, 2.24) is 19.4 Å². The maximum atomic E-state index is 12.7. The molecule has 4 rings (SSSR count). The minimum atomic E-state index is -0.320. The highest BCUT2D eigenvalue weighted by atomic mass is 35.5. The molecule has 3 aromatic rings. The largest absolute Gasteiger partial charge is 0.339 e. The average molecular weight is 437 g/mol. The van der Waals surface area contributed by atoms with E-state index in [9.17, 15) is 9.59 Å². The van der Waals surface area contributed by atoms with E-state index < -0.39 is 0 Å². The smallest absolute Gasteiger partial charge is 0.261 e. The van der Waals surface area contributed by atoms with Crippen molar-refractivity contribution in [2.45, 2.75) is 13.1 Å². The molecule has 0 saturated carbocycles. The van der Waals surface area contributed by atoms with E-state index >= 15 is 0 Å². The van der Waals surface area contributed by atoms with Gasteiger partial charge in [-0.3, -0.25) is 19.1 Å². The Morgan fingerprint density at radius 2 is 1.96 bits per heavy atom. The van der Waals surface area contributed by atoms with Crippen LogP contribution in [0.1, 0.15) is 4.88 Å². The molecule has 0 unspecified atom stereocenters. The highest BCUT2D eigenvalue weighted by Gasteiger charge is 2.22. The molecule has 1 saturated heterocycles. The summed E-state index contributed by atoms with van der Waals surface area (Å²) in [6.07, 6.45) is 1.37. The van der Waals surface area contributed by atoms with Crippen LogP contribution in [-0.2, 0) is 17.9 Å². The van der Waals surface area contributed by atoms with Crippen molar-refractivity contribution in [3.63, 3.8) is 0 Å². The quantitative estimate of drug-likeness (QED) is 0.630. The molecule has 2 aromatic heterocycles. The Hall–Kier alpha value is -1.93. The molecule has 28 heavy (non-hydrogen) atoms. The first-order chi connectivity index (χ1) is 13.5. The van der Waals surface area contributed by atoms with Crippen LogP contribution in [0.2, 0.25) is 10.0 Å². The maximum Gasteiger partial charge on any atom is 0.261 e. The van der Waals surface area contributed by atoms with Gasteiger partial charge in [0.05, 0.1) is 22.3 Å². The zero-order chi connectivity index (χ0) is 19.7. The molecule has 146 valence electrons. The fourth-order valence-electron chi connectivity index (χ4n) is 3.33. The van der Waals surface area contributed by atoms with Gasteiger partial charge < -0.3 is 4.90 Å². The summed E-state index contributed by atoms with van der Waals surface area (Å²) >= 11 is 13.8. The molecule has 1 fully saturated rings. The van der Waals surface area contributed by atoms with Crippen molar-refractivity contribution < 1.29 is 4.79 Å². The second-order valence-electron chi connectivity index (χ2n) is 6.70. The molecule has 0 atom stereocenters. The highest BCUT2D eigenvalue weighted by Crippen LogP contribution is 2.24. The second-order valence-corrected chi connectivity index (χ2v) is 8.57. The van der Waals surface area contributed by atoms with E-state index in [-0.39, 0.29) is 18.0 Å². The maximum absolute atomic E-state index is 12.7. The molecule has 0 aliphatic carbocycles. The first-order valence-corrected chi connectivity index (χ1v) is 10.5. The van der Waals surface area contributed by atoms with Gasteiger partial charge in [-0.25, -0.2) is 4.98 Å². The molecule has 0 radical (unpaired) electrons. The third kappa shape index (κ3) is 4.07. The number of carbonyl (C=O) groups excluding carboxylic acids is 1. The van der Waals surface area contributed by atoms with Gasteiger partial charge in [0.15, 0.2) is 0 Å². The van der Waals surface area contributed by atoms with E-state index in [1.54, 1.807) is 22.3 Å². The zero-order valence-corrected chi connectivity index (χ0v) is 17.3. The molecule has 1 amide bonds. The number of amides is 1. The minimum absolute atomic E-state index is 0.0448. The van der Waals surface area contributed by atoms with Crippen molar-refractivity contribution in [1.29, 1.82) is 0 Å². The third-order valence-electron chi connectivity index (χ3n) is 4.84. The number of hydrogen-bond donors (Lipinski definition) is 0. The SMILES string of the molecule is O=C(Cn1cnc2c(Cl)cc(Cl)cc2c1=O)N1CCN(Cc2cccs2)CC1. The lowest BCUT2D eigenvalue weighted by molar-refractivity contribution is -0.133. The standard InChI is InChI=1S/C19H18Cl2N4O2S/c20-13-8-15-18(16(21)9-13)22-12-25(19(15)27)11-17(26)24-5-3-23(4-6-24)10-14-2-1-7-28-14/h1-2,7-9,12H,3-6,10-11H2. The lowest BCUT2D eigenvalue weighted by atomic mass is 10.2. The van der Waals surface area contributed by atoms with Crippen LogP contribution in [0.15, 0.2) is 40.8 Å². The van der Waals surface area contributed by atoms with Crippen LogP contribution >= 0.6 is 34.5 Å². The van der Waals surface area contributed by atoms with Gasteiger partial charge >= 0.3 is 0 Å².